The highest BCUT2D eigenvalue weighted by atomic mass is 32.2. The van der Waals surface area contributed by atoms with Gasteiger partial charge in [0.05, 0.1) is 11.1 Å². The Morgan fingerprint density at radius 2 is 1.76 bits per heavy atom. The molecule has 3 N–H and O–H groups in total. The lowest BCUT2D eigenvalue weighted by Gasteiger charge is -1.92. The van der Waals surface area contributed by atoms with E-state index in [-0.39, 0.29) is 4.90 Å². The zero-order chi connectivity index (χ0) is 12.7. The van der Waals surface area contributed by atoms with Crippen molar-refractivity contribution < 1.29 is 13.0 Å². The van der Waals surface area contributed by atoms with Crippen LogP contribution < -0.4 is 5.73 Å². The van der Waals surface area contributed by atoms with Gasteiger partial charge in [-0.3, -0.25) is 4.55 Å². The van der Waals surface area contributed by atoms with Crippen molar-refractivity contribution in [2.45, 2.75) is 4.90 Å². The van der Waals surface area contributed by atoms with Gasteiger partial charge in [0.15, 0.2) is 0 Å². The topological polar surface area (TPSA) is 119 Å². The van der Waals surface area contributed by atoms with Gasteiger partial charge in [0.2, 0.25) is 0 Å². The molecular formula is C9H10N4O3S. The minimum absolute atomic E-state index is 0.0741. The van der Waals surface area contributed by atoms with Crippen molar-refractivity contribution in [2.24, 2.45) is 0 Å². The van der Waals surface area contributed by atoms with Gasteiger partial charge in [-0.15, -0.1) is 10.2 Å². The molecule has 0 saturated carbocycles. The van der Waals surface area contributed by atoms with Crippen LogP contribution in [-0.4, -0.2) is 28.4 Å². The lowest BCUT2D eigenvalue weighted by atomic mass is 10.4. The Bertz CT molecular complexity index is 545. The molecule has 0 saturated heterocycles. The average molecular weight is 254 g/mol. The van der Waals surface area contributed by atoms with Crippen molar-refractivity contribution in [1.29, 1.82) is 0 Å². The van der Waals surface area contributed by atoms with Crippen LogP contribution in [0.25, 0.3) is 0 Å². The predicted molar refractivity (Wildman–Crippen MR) is 60.5 cm³/mol. The SMILES string of the molecule is Nc1ccnnn1.O=S(=O)(O)c1ccccc1. The number of aromatic nitrogens is 3. The molecule has 0 aliphatic heterocycles. The maximum absolute atomic E-state index is 10.4. The molecule has 0 amide bonds. The number of hydrogen-bond donors (Lipinski definition) is 2. The van der Waals surface area contributed by atoms with Gasteiger partial charge < -0.3 is 5.73 Å². The summed E-state index contributed by atoms with van der Waals surface area (Å²) >= 11 is 0. The first-order chi connectivity index (χ1) is 8.00. The third kappa shape index (κ3) is 5.00. The summed E-state index contributed by atoms with van der Waals surface area (Å²) < 4.78 is 29.2. The van der Waals surface area contributed by atoms with Gasteiger partial charge in [-0.2, -0.15) is 8.42 Å². The number of nitrogen functional groups attached to an aromatic ring is 1. The first kappa shape index (κ1) is 13.0. The summed E-state index contributed by atoms with van der Waals surface area (Å²) in [6.45, 7) is 0. The fourth-order valence-electron chi connectivity index (χ4n) is 0.843. The number of hydrogen-bond acceptors (Lipinski definition) is 6. The molecule has 0 atom stereocenters. The van der Waals surface area contributed by atoms with Gasteiger partial charge >= 0.3 is 0 Å². The minimum Gasteiger partial charge on any atom is -0.382 e. The smallest absolute Gasteiger partial charge is 0.294 e. The van der Waals surface area contributed by atoms with Crippen molar-refractivity contribution in [3.05, 3.63) is 42.6 Å². The fraction of sp³-hybridized carbons (Fsp3) is 0. The van der Waals surface area contributed by atoms with Crippen molar-refractivity contribution in [1.82, 2.24) is 15.4 Å². The van der Waals surface area contributed by atoms with Crippen LogP contribution in [0.2, 0.25) is 0 Å². The van der Waals surface area contributed by atoms with Crippen LogP contribution in [0, 0.1) is 0 Å². The van der Waals surface area contributed by atoms with Crippen LogP contribution in [0.15, 0.2) is 47.5 Å². The zero-order valence-electron chi connectivity index (χ0n) is 8.63. The summed E-state index contributed by atoms with van der Waals surface area (Å²) in [7, 11) is -4.00. The summed E-state index contributed by atoms with van der Waals surface area (Å²) in [5.41, 5.74) is 5.14. The van der Waals surface area contributed by atoms with Crippen LogP contribution in [0.4, 0.5) is 5.82 Å². The summed E-state index contributed by atoms with van der Waals surface area (Å²) in [6, 6.07) is 9.00. The summed E-state index contributed by atoms with van der Waals surface area (Å²) in [5.74, 6) is 0.398. The Balaban J connectivity index is 0.000000181. The molecule has 0 bridgehead atoms. The summed E-state index contributed by atoms with van der Waals surface area (Å²) in [4.78, 5) is -0.0741. The van der Waals surface area contributed by atoms with Crippen molar-refractivity contribution in [2.75, 3.05) is 5.73 Å². The van der Waals surface area contributed by atoms with E-state index in [1.807, 2.05) is 0 Å². The molecule has 17 heavy (non-hydrogen) atoms. The second-order valence-electron chi connectivity index (χ2n) is 2.83. The maximum atomic E-state index is 10.4. The first-order valence-electron chi connectivity index (χ1n) is 4.42. The highest BCUT2D eigenvalue weighted by molar-refractivity contribution is 7.85. The standard InChI is InChI=1S/C6H6O3S.C3H4N4/c7-10(8,9)6-4-2-1-3-5-6;4-3-1-2-5-7-6-3/h1-5H,(H,7,8,9);1-2H,(H2,4,5,6). The highest BCUT2D eigenvalue weighted by Crippen LogP contribution is 2.05. The second-order valence-corrected chi connectivity index (χ2v) is 4.26. The van der Waals surface area contributed by atoms with Crippen LogP contribution >= 0.6 is 0 Å². The molecule has 1 aromatic carbocycles. The molecule has 1 heterocycles. The van der Waals surface area contributed by atoms with E-state index in [4.69, 9.17) is 10.3 Å². The molecule has 7 nitrogen and oxygen atoms in total. The molecule has 2 aromatic rings. The largest absolute Gasteiger partial charge is 0.382 e. The number of anilines is 1. The predicted octanol–water partition coefficient (Wildman–Crippen LogP) is 0.387. The molecule has 90 valence electrons. The van der Waals surface area contributed by atoms with Crippen LogP contribution in [0.1, 0.15) is 0 Å². The lowest BCUT2D eigenvalue weighted by Crippen LogP contribution is -1.96. The van der Waals surface area contributed by atoms with E-state index in [9.17, 15) is 8.42 Å². The van der Waals surface area contributed by atoms with Gasteiger partial charge in [-0.05, 0) is 17.3 Å². The van der Waals surface area contributed by atoms with Gasteiger partial charge in [-0.1, -0.05) is 18.2 Å². The average Bonchev–Trinajstić information content (AvgIpc) is 2.31. The highest BCUT2D eigenvalue weighted by Gasteiger charge is 2.05. The molecule has 0 aliphatic carbocycles. The molecule has 1 aromatic heterocycles. The Morgan fingerprint density at radius 1 is 1.12 bits per heavy atom. The minimum atomic E-state index is -4.00. The number of rotatable bonds is 1. The molecule has 0 unspecified atom stereocenters. The van der Waals surface area contributed by atoms with Crippen molar-refractivity contribution in [3.8, 4) is 0 Å². The van der Waals surface area contributed by atoms with E-state index >= 15 is 0 Å². The van der Waals surface area contributed by atoms with Crippen LogP contribution in [0.5, 0.6) is 0 Å². The quantitative estimate of drug-likeness (QED) is 0.706. The number of benzene rings is 1. The second kappa shape index (κ2) is 5.87. The molecular weight excluding hydrogens is 244 g/mol. The monoisotopic (exact) mass is 254 g/mol. The van der Waals surface area contributed by atoms with Gasteiger partial charge in [0, 0.05) is 6.07 Å². The van der Waals surface area contributed by atoms with Gasteiger partial charge in [-0.25, -0.2) is 0 Å². The van der Waals surface area contributed by atoms with Crippen LogP contribution in [-0.2, 0) is 10.1 Å². The molecule has 0 aliphatic rings. The lowest BCUT2D eigenvalue weighted by molar-refractivity contribution is 0.483. The van der Waals surface area contributed by atoms with E-state index in [0.717, 1.165) is 0 Å². The zero-order valence-corrected chi connectivity index (χ0v) is 9.45. The third-order valence-electron chi connectivity index (χ3n) is 1.56. The molecule has 0 fully saturated rings. The van der Waals surface area contributed by atoms with E-state index in [1.54, 1.807) is 24.3 Å². The Kier molecular flexibility index (Phi) is 4.49. The molecule has 0 radical (unpaired) electrons. The van der Waals surface area contributed by atoms with E-state index in [0.29, 0.717) is 5.82 Å². The van der Waals surface area contributed by atoms with Gasteiger partial charge in [0.25, 0.3) is 10.1 Å². The Hall–Kier alpha value is -2.06. The van der Waals surface area contributed by atoms with Crippen LogP contribution in [0.3, 0.4) is 0 Å². The van der Waals surface area contributed by atoms with E-state index in [1.165, 1.54) is 18.3 Å². The maximum Gasteiger partial charge on any atom is 0.294 e. The Labute approximate surface area is 98.1 Å². The third-order valence-corrected chi connectivity index (χ3v) is 2.43. The first-order valence-corrected chi connectivity index (χ1v) is 5.86. The van der Waals surface area contributed by atoms with Crippen molar-refractivity contribution >= 4 is 15.9 Å². The molecule has 2 rings (SSSR count). The number of nitrogens with zero attached hydrogens (tertiary/aromatic N) is 3. The Morgan fingerprint density at radius 3 is 2.06 bits per heavy atom. The van der Waals surface area contributed by atoms with E-state index in [2.05, 4.69) is 15.4 Å². The summed E-state index contributed by atoms with van der Waals surface area (Å²) in [6.07, 6.45) is 1.49. The van der Waals surface area contributed by atoms with Gasteiger partial charge in [0.1, 0.15) is 5.82 Å². The fourth-order valence-corrected chi connectivity index (χ4v) is 1.34. The molecule has 0 spiro atoms. The normalized spacial score (nSPS) is 10.2. The van der Waals surface area contributed by atoms with Crippen molar-refractivity contribution in [3.63, 3.8) is 0 Å². The van der Waals surface area contributed by atoms with E-state index < -0.39 is 10.1 Å². The molecule has 8 heteroatoms. The number of nitrogens with two attached hydrogens (primary N) is 1. The summed E-state index contributed by atoms with van der Waals surface area (Å²) in [5, 5.41) is 10.1.